The zero-order valence-electron chi connectivity index (χ0n) is 12.1. The Morgan fingerprint density at radius 3 is 2.71 bits per heavy atom. The summed E-state index contributed by atoms with van der Waals surface area (Å²) in [7, 11) is 0. The maximum absolute atomic E-state index is 7.85. The molecule has 2 heterocycles. The number of fused-ring (bicyclic) bond motifs is 4. The Bertz CT molecular complexity index is 905. The number of rotatable bonds is 1. The van der Waals surface area contributed by atoms with Crippen LogP contribution < -0.4 is 0 Å². The number of aromatic nitrogens is 2. The quantitative estimate of drug-likeness (QED) is 0.529. The van der Waals surface area contributed by atoms with E-state index in [0.29, 0.717) is 0 Å². The van der Waals surface area contributed by atoms with Crippen LogP contribution in [0.1, 0.15) is 30.5 Å². The summed E-state index contributed by atoms with van der Waals surface area (Å²) < 4.78 is 2.00. The van der Waals surface area contributed by atoms with Gasteiger partial charge < -0.3 is 5.41 Å². The lowest BCUT2D eigenvalue weighted by Gasteiger charge is -2.15. The van der Waals surface area contributed by atoms with Crippen molar-refractivity contribution >= 4 is 34.5 Å². The third kappa shape index (κ3) is 1.67. The van der Waals surface area contributed by atoms with Crippen LogP contribution in [-0.4, -0.2) is 15.6 Å². The number of benzene rings is 1. The van der Waals surface area contributed by atoms with E-state index in [4.69, 9.17) is 22.0 Å². The molecule has 2 aromatic heterocycles. The van der Waals surface area contributed by atoms with Crippen LogP contribution in [0.5, 0.6) is 0 Å². The summed E-state index contributed by atoms with van der Waals surface area (Å²) in [5.41, 5.74) is 6.21. The fourth-order valence-electron chi connectivity index (χ4n) is 3.52. The lowest BCUT2D eigenvalue weighted by molar-refractivity contribution is 0.392. The van der Waals surface area contributed by atoms with Crippen molar-refractivity contribution in [3.8, 4) is 0 Å². The standard InChI is InChI=1S/C17H16ClN3/c1-17(2)7-10-11(8-17)15(18)21-14-6-4-3-5-13(14)20-16(21)12(10)9-19/h3-6,9,19H,7-8H2,1-2H3. The van der Waals surface area contributed by atoms with Crippen molar-refractivity contribution in [3.05, 3.63) is 46.1 Å². The van der Waals surface area contributed by atoms with Gasteiger partial charge in [0.05, 0.1) is 11.0 Å². The highest BCUT2D eigenvalue weighted by Crippen LogP contribution is 2.42. The maximum Gasteiger partial charge on any atom is 0.148 e. The zero-order chi connectivity index (χ0) is 14.8. The van der Waals surface area contributed by atoms with Crippen LogP contribution in [0.15, 0.2) is 24.3 Å². The van der Waals surface area contributed by atoms with Gasteiger partial charge in [-0.1, -0.05) is 37.6 Å². The highest BCUT2D eigenvalue weighted by atomic mass is 35.5. The Hall–Kier alpha value is -1.87. The van der Waals surface area contributed by atoms with Crippen molar-refractivity contribution in [2.45, 2.75) is 26.7 Å². The van der Waals surface area contributed by atoms with E-state index in [0.717, 1.165) is 40.2 Å². The molecule has 0 saturated heterocycles. The molecule has 106 valence electrons. The molecule has 0 amide bonds. The van der Waals surface area contributed by atoms with Crippen LogP contribution in [-0.2, 0) is 12.8 Å². The van der Waals surface area contributed by atoms with E-state index in [9.17, 15) is 0 Å². The summed E-state index contributed by atoms with van der Waals surface area (Å²) in [4.78, 5) is 4.70. The van der Waals surface area contributed by atoms with Crippen molar-refractivity contribution in [1.82, 2.24) is 9.38 Å². The monoisotopic (exact) mass is 297 g/mol. The van der Waals surface area contributed by atoms with Crippen molar-refractivity contribution in [1.29, 1.82) is 5.41 Å². The second kappa shape index (κ2) is 4.08. The van der Waals surface area contributed by atoms with Gasteiger partial charge >= 0.3 is 0 Å². The zero-order valence-corrected chi connectivity index (χ0v) is 12.8. The minimum atomic E-state index is 0.193. The number of halogens is 1. The van der Waals surface area contributed by atoms with Crippen LogP contribution in [0.4, 0.5) is 0 Å². The van der Waals surface area contributed by atoms with Crippen molar-refractivity contribution < 1.29 is 0 Å². The summed E-state index contributed by atoms with van der Waals surface area (Å²) in [6, 6.07) is 7.99. The van der Waals surface area contributed by atoms with Crippen molar-refractivity contribution in [2.24, 2.45) is 5.41 Å². The minimum absolute atomic E-state index is 0.193. The Kier molecular flexibility index (Phi) is 2.49. The van der Waals surface area contributed by atoms with Gasteiger partial charge in [0, 0.05) is 11.8 Å². The molecule has 0 saturated carbocycles. The molecule has 4 rings (SSSR count). The molecule has 21 heavy (non-hydrogen) atoms. The van der Waals surface area contributed by atoms with E-state index >= 15 is 0 Å². The van der Waals surface area contributed by atoms with Crippen LogP contribution in [0.2, 0.25) is 5.15 Å². The molecule has 0 atom stereocenters. The second-order valence-corrected chi connectivity index (χ2v) is 6.94. The molecule has 1 aromatic carbocycles. The Morgan fingerprint density at radius 2 is 1.95 bits per heavy atom. The number of para-hydroxylation sites is 2. The van der Waals surface area contributed by atoms with Crippen LogP contribution in [0.25, 0.3) is 16.7 Å². The summed E-state index contributed by atoms with van der Waals surface area (Å²) in [5.74, 6) is 0. The predicted octanol–water partition coefficient (Wildman–Crippen LogP) is 4.26. The molecular weight excluding hydrogens is 282 g/mol. The molecule has 1 aliphatic carbocycles. The van der Waals surface area contributed by atoms with Crippen molar-refractivity contribution in [3.63, 3.8) is 0 Å². The SMILES string of the molecule is CC1(C)Cc2c(c(Cl)n3c(nc4ccccc43)c2C=N)C1. The summed E-state index contributed by atoms with van der Waals surface area (Å²) in [6.07, 6.45) is 3.33. The topological polar surface area (TPSA) is 41.2 Å². The Labute approximate surface area is 128 Å². The van der Waals surface area contributed by atoms with Crippen LogP contribution in [0, 0.1) is 10.8 Å². The lowest BCUT2D eigenvalue weighted by Crippen LogP contribution is -2.10. The third-order valence-electron chi connectivity index (χ3n) is 4.39. The molecule has 3 nitrogen and oxygen atoms in total. The predicted molar refractivity (Wildman–Crippen MR) is 86.8 cm³/mol. The van der Waals surface area contributed by atoms with E-state index in [1.165, 1.54) is 17.3 Å². The van der Waals surface area contributed by atoms with Gasteiger partial charge in [0.2, 0.25) is 0 Å². The molecule has 4 heteroatoms. The molecule has 1 N–H and O–H groups in total. The first-order valence-corrected chi connectivity index (χ1v) is 7.50. The summed E-state index contributed by atoms with van der Waals surface area (Å²) in [5, 5.41) is 8.60. The fourth-order valence-corrected chi connectivity index (χ4v) is 3.87. The molecule has 0 aliphatic heterocycles. The van der Waals surface area contributed by atoms with Crippen molar-refractivity contribution in [2.75, 3.05) is 0 Å². The molecule has 3 aromatic rings. The van der Waals surface area contributed by atoms with Gasteiger partial charge in [-0.25, -0.2) is 4.98 Å². The third-order valence-corrected chi connectivity index (χ3v) is 4.79. The smallest absolute Gasteiger partial charge is 0.148 e. The average molecular weight is 298 g/mol. The van der Waals surface area contributed by atoms with E-state index in [-0.39, 0.29) is 5.41 Å². The molecule has 0 bridgehead atoms. The molecule has 0 radical (unpaired) electrons. The van der Waals surface area contributed by atoms with Gasteiger partial charge in [0.15, 0.2) is 0 Å². The first kappa shape index (κ1) is 12.8. The van der Waals surface area contributed by atoms with E-state index in [2.05, 4.69) is 13.8 Å². The van der Waals surface area contributed by atoms with Crippen LogP contribution in [0.3, 0.4) is 0 Å². The average Bonchev–Trinajstić information content (AvgIpc) is 2.97. The number of pyridine rings is 1. The largest absolute Gasteiger partial charge is 0.308 e. The van der Waals surface area contributed by atoms with Gasteiger partial charge in [-0.15, -0.1) is 0 Å². The number of nitrogens with one attached hydrogen (secondary N) is 1. The summed E-state index contributed by atoms with van der Waals surface area (Å²) in [6.45, 7) is 4.50. The molecule has 0 spiro atoms. The minimum Gasteiger partial charge on any atom is -0.308 e. The van der Waals surface area contributed by atoms with E-state index < -0.39 is 0 Å². The number of hydrogen-bond donors (Lipinski definition) is 1. The summed E-state index contributed by atoms with van der Waals surface area (Å²) >= 11 is 6.71. The second-order valence-electron chi connectivity index (χ2n) is 6.58. The highest BCUT2D eigenvalue weighted by Gasteiger charge is 2.34. The number of imidazole rings is 1. The maximum atomic E-state index is 7.85. The van der Waals surface area contributed by atoms with Gasteiger partial charge in [-0.05, 0) is 41.5 Å². The fraction of sp³-hybridized carbons (Fsp3) is 0.294. The first-order chi connectivity index (χ1) is 10.0. The molecule has 1 aliphatic rings. The van der Waals surface area contributed by atoms with E-state index in [1.54, 1.807) is 0 Å². The lowest BCUT2D eigenvalue weighted by atomic mass is 9.90. The highest BCUT2D eigenvalue weighted by molar-refractivity contribution is 6.31. The number of hydrogen-bond acceptors (Lipinski definition) is 2. The number of nitrogens with zero attached hydrogens (tertiary/aromatic N) is 2. The molecule has 0 unspecified atom stereocenters. The van der Waals surface area contributed by atoms with Gasteiger partial charge in [-0.3, -0.25) is 4.40 Å². The normalized spacial score (nSPS) is 16.5. The Balaban J connectivity index is 2.21. The first-order valence-electron chi connectivity index (χ1n) is 7.13. The van der Waals surface area contributed by atoms with E-state index in [1.807, 2.05) is 28.7 Å². The molecule has 0 fully saturated rings. The van der Waals surface area contributed by atoms with Gasteiger partial charge in [0.1, 0.15) is 10.8 Å². The molecular formula is C17H16ClN3. The van der Waals surface area contributed by atoms with Crippen LogP contribution >= 0.6 is 11.6 Å². The Morgan fingerprint density at radius 1 is 1.24 bits per heavy atom. The van der Waals surface area contributed by atoms with Gasteiger partial charge in [-0.2, -0.15) is 0 Å². The van der Waals surface area contributed by atoms with Gasteiger partial charge in [0.25, 0.3) is 0 Å².